The number of hydrogen-bond donors (Lipinski definition) is 0. The van der Waals surface area contributed by atoms with E-state index in [1.165, 1.54) is 0 Å². The molecule has 0 unspecified atom stereocenters. The van der Waals surface area contributed by atoms with Gasteiger partial charge in [0.05, 0.1) is 5.88 Å². The van der Waals surface area contributed by atoms with Gasteiger partial charge in [-0.3, -0.25) is 14.6 Å². The molecule has 3 aliphatic rings. The summed E-state index contributed by atoms with van der Waals surface area (Å²) in [7, 11) is 0. The molecule has 3 heterocycles. The molecule has 0 bridgehead atoms. The lowest BCUT2D eigenvalue weighted by atomic mass is 10.1. The maximum Gasteiger partial charge on any atom is 0.410 e. The number of thioether (sulfide) groups is 1. The van der Waals surface area contributed by atoms with Crippen molar-refractivity contribution in [3.05, 3.63) is 35.9 Å². The SMILES string of the molecule is CC(C)(C)OC(=O)N1CCN([C@H]2C[C@@H](C(=O)N3CCSC3)N(C(=O)OCc3ccccc3)C2)CC1. The number of nitrogens with zero attached hydrogens (tertiary/aromatic N) is 4. The highest BCUT2D eigenvalue weighted by Gasteiger charge is 2.45. The van der Waals surface area contributed by atoms with E-state index in [1.54, 1.807) is 21.6 Å². The van der Waals surface area contributed by atoms with Crippen LogP contribution in [0, 0.1) is 0 Å². The molecule has 0 spiro atoms. The van der Waals surface area contributed by atoms with Crippen LogP contribution >= 0.6 is 11.8 Å². The Morgan fingerprint density at radius 1 is 0.971 bits per heavy atom. The van der Waals surface area contributed by atoms with Gasteiger partial charge in [0.15, 0.2) is 0 Å². The first kappa shape index (κ1) is 25.6. The minimum absolute atomic E-state index is 0.00144. The maximum absolute atomic E-state index is 13.3. The fourth-order valence-electron chi connectivity index (χ4n) is 4.71. The number of piperazine rings is 1. The summed E-state index contributed by atoms with van der Waals surface area (Å²) in [5.41, 5.74) is 0.385. The molecule has 2 atom stereocenters. The largest absolute Gasteiger partial charge is 0.445 e. The number of carbonyl (C=O) groups excluding carboxylic acids is 3. The number of likely N-dealkylation sites (tertiary alicyclic amines) is 1. The van der Waals surface area contributed by atoms with Gasteiger partial charge in [-0.05, 0) is 32.8 Å². The molecule has 0 N–H and O–H groups in total. The summed E-state index contributed by atoms with van der Waals surface area (Å²) >= 11 is 1.73. The van der Waals surface area contributed by atoms with E-state index in [-0.39, 0.29) is 24.6 Å². The fraction of sp³-hybridized carbons (Fsp3) is 0.640. The lowest BCUT2D eigenvalue weighted by Crippen LogP contribution is -2.53. The van der Waals surface area contributed by atoms with Gasteiger partial charge in [-0.25, -0.2) is 9.59 Å². The van der Waals surface area contributed by atoms with Crippen LogP contribution in [0.5, 0.6) is 0 Å². The molecule has 9 nitrogen and oxygen atoms in total. The van der Waals surface area contributed by atoms with Crippen LogP contribution in [0.2, 0.25) is 0 Å². The third-order valence-electron chi connectivity index (χ3n) is 6.55. The number of carbonyl (C=O) groups is 3. The second-order valence-corrected chi connectivity index (χ2v) is 11.3. The van der Waals surface area contributed by atoms with Crippen molar-refractivity contribution >= 4 is 29.9 Å². The Bertz CT molecular complexity index is 895. The Labute approximate surface area is 211 Å². The lowest BCUT2D eigenvalue weighted by Gasteiger charge is -2.38. The molecule has 0 saturated carbocycles. The van der Waals surface area contributed by atoms with E-state index in [4.69, 9.17) is 9.47 Å². The van der Waals surface area contributed by atoms with Gasteiger partial charge in [-0.1, -0.05) is 30.3 Å². The molecule has 192 valence electrons. The Balaban J connectivity index is 1.38. The van der Waals surface area contributed by atoms with Crippen molar-refractivity contribution in [3.8, 4) is 0 Å². The predicted molar refractivity (Wildman–Crippen MR) is 134 cm³/mol. The lowest BCUT2D eigenvalue weighted by molar-refractivity contribution is -0.134. The zero-order chi connectivity index (χ0) is 25.0. The van der Waals surface area contributed by atoms with Gasteiger partial charge in [-0.2, -0.15) is 0 Å². The average molecular weight is 505 g/mol. The van der Waals surface area contributed by atoms with Crippen LogP contribution in [0.1, 0.15) is 32.8 Å². The van der Waals surface area contributed by atoms with E-state index in [0.29, 0.717) is 51.6 Å². The number of rotatable bonds is 4. The highest BCUT2D eigenvalue weighted by atomic mass is 32.2. The number of benzene rings is 1. The Morgan fingerprint density at radius 2 is 1.69 bits per heavy atom. The van der Waals surface area contributed by atoms with Crippen LogP contribution in [0.25, 0.3) is 0 Å². The topological polar surface area (TPSA) is 82.6 Å². The van der Waals surface area contributed by atoms with Gasteiger partial charge in [0.2, 0.25) is 5.91 Å². The van der Waals surface area contributed by atoms with E-state index in [9.17, 15) is 14.4 Å². The number of hydrogen-bond acceptors (Lipinski definition) is 7. The van der Waals surface area contributed by atoms with Crippen LogP contribution in [0.4, 0.5) is 9.59 Å². The van der Waals surface area contributed by atoms with Crippen LogP contribution in [-0.4, -0.2) is 106 Å². The smallest absolute Gasteiger partial charge is 0.410 e. The summed E-state index contributed by atoms with van der Waals surface area (Å²) in [6.45, 7) is 9.40. The molecule has 10 heteroatoms. The highest BCUT2D eigenvalue weighted by molar-refractivity contribution is 7.99. The van der Waals surface area contributed by atoms with Crippen molar-refractivity contribution < 1.29 is 23.9 Å². The van der Waals surface area contributed by atoms with Gasteiger partial charge in [-0.15, -0.1) is 11.8 Å². The second-order valence-electron chi connectivity index (χ2n) is 10.2. The van der Waals surface area contributed by atoms with Crippen LogP contribution in [0.3, 0.4) is 0 Å². The van der Waals surface area contributed by atoms with Crippen molar-refractivity contribution in [3.63, 3.8) is 0 Å². The van der Waals surface area contributed by atoms with Crippen molar-refractivity contribution in [2.75, 3.05) is 50.9 Å². The standard InChI is InChI=1S/C25H36N4O5S/c1-25(2,3)34-23(31)27-11-9-26(10-12-27)20-15-21(22(30)28-13-14-35-18-28)29(16-20)24(32)33-17-19-7-5-4-6-8-19/h4-8,20-21H,9-18H2,1-3H3/t20-,21-/m0/s1. The molecule has 1 aromatic rings. The van der Waals surface area contributed by atoms with Gasteiger partial charge in [0.25, 0.3) is 0 Å². The summed E-state index contributed by atoms with van der Waals surface area (Å²) in [4.78, 5) is 46.3. The summed E-state index contributed by atoms with van der Waals surface area (Å²) in [5, 5.41) is 0. The molecule has 35 heavy (non-hydrogen) atoms. The van der Waals surface area contributed by atoms with E-state index in [0.717, 1.165) is 11.3 Å². The van der Waals surface area contributed by atoms with Crippen molar-refractivity contribution in [2.24, 2.45) is 0 Å². The fourth-order valence-corrected chi connectivity index (χ4v) is 5.67. The summed E-state index contributed by atoms with van der Waals surface area (Å²) in [5.74, 6) is 1.59. The molecular weight excluding hydrogens is 468 g/mol. The van der Waals surface area contributed by atoms with Crippen LogP contribution in [0.15, 0.2) is 30.3 Å². The summed E-state index contributed by atoms with van der Waals surface area (Å²) in [6, 6.07) is 9.08. The minimum atomic E-state index is -0.526. The Kier molecular flexibility index (Phi) is 8.11. The second kappa shape index (κ2) is 11.1. The molecule has 3 amide bonds. The van der Waals surface area contributed by atoms with Crippen molar-refractivity contribution in [1.29, 1.82) is 0 Å². The van der Waals surface area contributed by atoms with E-state index in [2.05, 4.69) is 4.90 Å². The molecule has 3 saturated heterocycles. The molecular formula is C25H36N4O5S. The summed E-state index contributed by atoms with van der Waals surface area (Å²) in [6.07, 6.45) is -0.171. The Morgan fingerprint density at radius 3 is 2.31 bits per heavy atom. The van der Waals surface area contributed by atoms with Gasteiger partial charge < -0.3 is 19.3 Å². The molecule has 3 aliphatic heterocycles. The molecule has 0 aromatic heterocycles. The first-order valence-corrected chi connectivity index (χ1v) is 13.4. The molecule has 1 aromatic carbocycles. The zero-order valence-electron chi connectivity index (χ0n) is 20.9. The third kappa shape index (κ3) is 6.61. The quantitative estimate of drug-likeness (QED) is 0.624. The first-order valence-electron chi connectivity index (χ1n) is 12.3. The van der Waals surface area contributed by atoms with Crippen LogP contribution < -0.4 is 0 Å². The number of ether oxygens (including phenoxy) is 2. The predicted octanol–water partition coefficient (Wildman–Crippen LogP) is 2.85. The van der Waals surface area contributed by atoms with Gasteiger partial charge >= 0.3 is 12.2 Å². The van der Waals surface area contributed by atoms with Crippen molar-refractivity contribution in [1.82, 2.24) is 19.6 Å². The molecule has 0 radical (unpaired) electrons. The summed E-state index contributed by atoms with van der Waals surface area (Å²) < 4.78 is 11.1. The van der Waals surface area contributed by atoms with E-state index >= 15 is 0 Å². The minimum Gasteiger partial charge on any atom is -0.445 e. The highest BCUT2D eigenvalue weighted by Crippen LogP contribution is 2.28. The van der Waals surface area contributed by atoms with Gasteiger partial charge in [0, 0.05) is 51.1 Å². The molecule has 4 rings (SSSR count). The average Bonchev–Trinajstić information content (AvgIpc) is 3.53. The molecule has 3 fully saturated rings. The monoisotopic (exact) mass is 504 g/mol. The maximum atomic E-state index is 13.3. The zero-order valence-corrected chi connectivity index (χ0v) is 21.7. The van der Waals surface area contributed by atoms with Gasteiger partial charge in [0.1, 0.15) is 18.2 Å². The third-order valence-corrected chi connectivity index (χ3v) is 7.52. The number of amides is 3. The normalized spacial score (nSPS) is 23.5. The molecule has 0 aliphatic carbocycles. The Hall–Kier alpha value is -2.46. The first-order chi connectivity index (χ1) is 16.7. The van der Waals surface area contributed by atoms with E-state index in [1.807, 2.05) is 56.0 Å². The van der Waals surface area contributed by atoms with Crippen molar-refractivity contribution in [2.45, 2.75) is 51.5 Å². The van der Waals surface area contributed by atoms with E-state index < -0.39 is 17.7 Å². The van der Waals surface area contributed by atoms with Crippen LogP contribution in [-0.2, 0) is 20.9 Å².